The highest BCUT2D eigenvalue weighted by molar-refractivity contribution is 7.16. The summed E-state index contributed by atoms with van der Waals surface area (Å²) >= 11 is 1.78. The number of thiophene rings is 1. The minimum absolute atomic E-state index is 0. The van der Waals surface area contributed by atoms with Crippen molar-refractivity contribution < 1.29 is 4.79 Å². The quantitative estimate of drug-likeness (QED) is 0.397. The molecule has 3 nitrogen and oxygen atoms in total. The first kappa shape index (κ1) is 24.6. The van der Waals surface area contributed by atoms with Crippen LogP contribution in [0.3, 0.4) is 0 Å². The fourth-order valence-corrected chi connectivity index (χ4v) is 5.82. The third-order valence-electron chi connectivity index (χ3n) is 6.64. The van der Waals surface area contributed by atoms with Gasteiger partial charge in [-0.2, -0.15) is 0 Å². The lowest BCUT2D eigenvalue weighted by molar-refractivity contribution is 0.0951. The zero-order valence-corrected chi connectivity index (χ0v) is 19.9. The average molecular weight is 453 g/mol. The summed E-state index contributed by atoms with van der Waals surface area (Å²) in [6.45, 7) is 9.29. The molecular formula is C28H40N2OS. The van der Waals surface area contributed by atoms with E-state index in [-0.39, 0.29) is 13.3 Å². The number of hydrogen-bond donors (Lipinski definition) is 2. The van der Waals surface area contributed by atoms with Crippen LogP contribution in [0, 0.1) is 18.8 Å². The monoisotopic (exact) mass is 452 g/mol. The summed E-state index contributed by atoms with van der Waals surface area (Å²) in [5.74, 6) is 1.44. The second-order valence-corrected chi connectivity index (χ2v) is 10.6. The molecule has 174 valence electrons. The molecule has 1 saturated carbocycles. The van der Waals surface area contributed by atoms with E-state index in [0.717, 1.165) is 54.9 Å². The van der Waals surface area contributed by atoms with Gasteiger partial charge in [-0.1, -0.05) is 57.2 Å². The van der Waals surface area contributed by atoms with E-state index in [1.54, 1.807) is 11.3 Å². The van der Waals surface area contributed by atoms with E-state index in [0.29, 0.717) is 11.8 Å². The van der Waals surface area contributed by atoms with E-state index in [1.807, 2.05) is 0 Å². The molecule has 0 aliphatic heterocycles. The summed E-state index contributed by atoms with van der Waals surface area (Å²) in [6, 6.07) is 8.92. The number of carbonyl (C=O) groups excluding carboxylic acids is 1. The average Bonchev–Trinajstić information content (AvgIpc) is 3.52. The van der Waals surface area contributed by atoms with Gasteiger partial charge in [0.1, 0.15) is 5.00 Å². The summed E-state index contributed by atoms with van der Waals surface area (Å²) < 4.78 is 0. The third-order valence-corrected chi connectivity index (χ3v) is 7.85. The highest BCUT2D eigenvalue weighted by Gasteiger charge is 2.30. The smallest absolute Gasteiger partial charge is 0.254 e. The Kier molecular flexibility index (Phi) is 8.58. The molecular weight excluding hydrogens is 412 g/mol. The Labute approximate surface area is 198 Å². The van der Waals surface area contributed by atoms with Gasteiger partial charge in [-0.05, 0) is 81.3 Å². The van der Waals surface area contributed by atoms with E-state index >= 15 is 0 Å². The Balaban J connectivity index is 0.00000289. The van der Waals surface area contributed by atoms with E-state index in [1.165, 1.54) is 47.3 Å². The standard InChI is InChI=1S/C27H36N2OS.CH4/c1-4-5-19(3)29-27-25(26(30)28-17-22-12-13-22)23-16-21(14-15-24(23)31-27)11-10-20-8-6-18(2)7-9-20;/h6-9,21-22,29H,3-5,10-17H2,1-2H3,(H,28,30);1H4. The van der Waals surface area contributed by atoms with Gasteiger partial charge in [0.05, 0.1) is 5.56 Å². The Morgan fingerprint density at radius 3 is 2.59 bits per heavy atom. The molecule has 1 atom stereocenters. The van der Waals surface area contributed by atoms with E-state index in [9.17, 15) is 4.79 Å². The fraction of sp³-hybridized carbons (Fsp3) is 0.536. The van der Waals surface area contributed by atoms with Crippen LogP contribution < -0.4 is 10.6 Å². The SMILES string of the molecule is C.C=C(CCC)Nc1sc2c(c1C(=O)NCC1CC1)CC(CCc1ccc(C)cc1)CC2. The second kappa shape index (κ2) is 11.2. The van der Waals surface area contributed by atoms with Crippen molar-refractivity contribution in [3.63, 3.8) is 0 Å². The van der Waals surface area contributed by atoms with Gasteiger partial charge in [-0.3, -0.25) is 4.79 Å². The Morgan fingerprint density at radius 2 is 1.91 bits per heavy atom. The van der Waals surface area contributed by atoms with Gasteiger partial charge in [-0.15, -0.1) is 11.3 Å². The number of aryl methyl sites for hydroxylation is 3. The number of fused-ring (bicyclic) bond motifs is 1. The number of amides is 1. The normalized spacial score (nSPS) is 17.2. The Morgan fingerprint density at radius 1 is 1.16 bits per heavy atom. The number of benzene rings is 1. The van der Waals surface area contributed by atoms with Crippen molar-refractivity contribution in [1.82, 2.24) is 5.32 Å². The van der Waals surface area contributed by atoms with Crippen LogP contribution in [0.1, 0.15) is 84.8 Å². The lowest BCUT2D eigenvalue weighted by Gasteiger charge is -2.23. The lowest BCUT2D eigenvalue weighted by atomic mass is 9.83. The summed E-state index contributed by atoms with van der Waals surface area (Å²) in [7, 11) is 0. The molecule has 4 rings (SSSR count). The van der Waals surface area contributed by atoms with Crippen LogP contribution in [0.25, 0.3) is 0 Å². The maximum atomic E-state index is 13.2. The molecule has 1 aromatic heterocycles. The molecule has 2 aliphatic carbocycles. The molecule has 0 radical (unpaired) electrons. The van der Waals surface area contributed by atoms with Crippen LogP contribution in [0.15, 0.2) is 36.5 Å². The van der Waals surface area contributed by atoms with Crippen molar-refractivity contribution in [2.75, 3.05) is 11.9 Å². The molecule has 0 spiro atoms. The van der Waals surface area contributed by atoms with Crippen molar-refractivity contribution in [2.45, 2.75) is 79.1 Å². The molecule has 1 amide bonds. The Bertz CT molecular complexity index is 924. The molecule has 1 fully saturated rings. The van der Waals surface area contributed by atoms with Gasteiger partial charge in [-0.25, -0.2) is 0 Å². The highest BCUT2D eigenvalue weighted by Crippen LogP contribution is 2.41. The molecule has 1 unspecified atom stereocenters. The van der Waals surface area contributed by atoms with Crippen LogP contribution in [0.5, 0.6) is 0 Å². The van der Waals surface area contributed by atoms with Gasteiger partial charge < -0.3 is 10.6 Å². The predicted octanol–water partition coefficient (Wildman–Crippen LogP) is 7.30. The molecule has 0 bridgehead atoms. The van der Waals surface area contributed by atoms with Crippen molar-refractivity contribution in [3.05, 3.63) is 63.7 Å². The summed E-state index contributed by atoms with van der Waals surface area (Å²) in [6.07, 6.45) is 10.1. The summed E-state index contributed by atoms with van der Waals surface area (Å²) in [5, 5.41) is 7.72. The van der Waals surface area contributed by atoms with Crippen molar-refractivity contribution >= 4 is 22.2 Å². The van der Waals surface area contributed by atoms with Crippen molar-refractivity contribution in [3.8, 4) is 0 Å². The largest absolute Gasteiger partial charge is 0.352 e. The summed E-state index contributed by atoms with van der Waals surface area (Å²) in [4.78, 5) is 14.6. The Hall–Kier alpha value is -2.07. The zero-order chi connectivity index (χ0) is 21.8. The zero-order valence-electron chi connectivity index (χ0n) is 19.1. The number of rotatable bonds is 10. The molecule has 1 heterocycles. The topological polar surface area (TPSA) is 41.1 Å². The van der Waals surface area contributed by atoms with Gasteiger partial charge in [0.2, 0.25) is 0 Å². The number of nitrogens with one attached hydrogen (secondary N) is 2. The van der Waals surface area contributed by atoms with Crippen LogP contribution in [0.4, 0.5) is 5.00 Å². The van der Waals surface area contributed by atoms with Crippen LogP contribution in [0.2, 0.25) is 0 Å². The molecule has 32 heavy (non-hydrogen) atoms. The van der Waals surface area contributed by atoms with E-state index in [2.05, 4.69) is 55.3 Å². The van der Waals surface area contributed by atoms with Crippen LogP contribution in [-0.4, -0.2) is 12.5 Å². The number of hydrogen-bond acceptors (Lipinski definition) is 3. The van der Waals surface area contributed by atoms with Crippen LogP contribution >= 0.6 is 11.3 Å². The lowest BCUT2D eigenvalue weighted by Crippen LogP contribution is -2.28. The molecule has 0 saturated heterocycles. The van der Waals surface area contributed by atoms with E-state index in [4.69, 9.17) is 0 Å². The van der Waals surface area contributed by atoms with Crippen molar-refractivity contribution in [1.29, 1.82) is 0 Å². The minimum atomic E-state index is 0. The van der Waals surface area contributed by atoms with Gasteiger partial charge in [0, 0.05) is 17.1 Å². The van der Waals surface area contributed by atoms with Gasteiger partial charge in [0.15, 0.2) is 0 Å². The van der Waals surface area contributed by atoms with Gasteiger partial charge >= 0.3 is 0 Å². The predicted molar refractivity (Wildman–Crippen MR) is 139 cm³/mol. The van der Waals surface area contributed by atoms with Gasteiger partial charge in [0.25, 0.3) is 5.91 Å². The first-order chi connectivity index (χ1) is 15.0. The molecule has 4 heteroatoms. The molecule has 2 N–H and O–H groups in total. The fourth-order valence-electron chi connectivity index (χ4n) is 4.53. The molecule has 2 aliphatic rings. The highest BCUT2D eigenvalue weighted by atomic mass is 32.1. The second-order valence-electron chi connectivity index (χ2n) is 9.47. The summed E-state index contributed by atoms with van der Waals surface area (Å²) in [5.41, 5.74) is 5.94. The first-order valence-corrected chi connectivity index (χ1v) is 12.8. The maximum absolute atomic E-state index is 13.2. The maximum Gasteiger partial charge on any atom is 0.254 e. The van der Waals surface area contributed by atoms with E-state index < -0.39 is 0 Å². The minimum Gasteiger partial charge on any atom is -0.352 e. The third kappa shape index (κ3) is 6.25. The number of anilines is 1. The molecule has 2 aromatic rings. The number of allylic oxidation sites excluding steroid dienone is 1. The number of carbonyl (C=O) groups is 1. The first-order valence-electron chi connectivity index (χ1n) is 12.0. The van der Waals surface area contributed by atoms with Crippen molar-refractivity contribution in [2.24, 2.45) is 11.8 Å². The van der Waals surface area contributed by atoms with Crippen LogP contribution in [-0.2, 0) is 19.3 Å². The molecule has 1 aromatic carbocycles.